The molecular weight excluding hydrogens is 342 g/mol. The van der Waals surface area contributed by atoms with Gasteiger partial charge in [0.1, 0.15) is 22.1 Å². The Labute approximate surface area is 148 Å². The Balaban J connectivity index is 2.20. The first-order chi connectivity index (χ1) is 11.9. The topological polar surface area (TPSA) is 73.9 Å². The van der Waals surface area contributed by atoms with Crippen molar-refractivity contribution in [1.82, 2.24) is 4.72 Å². The molecule has 2 aromatic rings. The zero-order valence-electron chi connectivity index (χ0n) is 14.8. The van der Waals surface area contributed by atoms with E-state index in [9.17, 15) is 8.42 Å². The van der Waals surface area contributed by atoms with Crippen molar-refractivity contribution in [1.29, 1.82) is 0 Å². The molecule has 0 fully saturated rings. The van der Waals surface area contributed by atoms with Crippen LogP contribution in [0, 0.1) is 0 Å². The Bertz CT molecular complexity index is 818. The summed E-state index contributed by atoms with van der Waals surface area (Å²) in [7, 11) is -0.863. The Kier molecular flexibility index (Phi) is 6.27. The second-order valence-electron chi connectivity index (χ2n) is 5.66. The van der Waals surface area contributed by atoms with Crippen molar-refractivity contribution in [3.8, 4) is 17.2 Å². The van der Waals surface area contributed by atoms with Crippen LogP contribution in [0.15, 0.2) is 47.4 Å². The van der Waals surface area contributed by atoms with Crippen molar-refractivity contribution >= 4 is 10.0 Å². The molecule has 1 N–H and O–H groups in total. The first-order valence-corrected chi connectivity index (χ1v) is 9.31. The van der Waals surface area contributed by atoms with Gasteiger partial charge in [0.25, 0.3) is 0 Å². The number of hydrogen-bond donors (Lipinski definition) is 1. The molecule has 6 nitrogen and oxygen atoms in total. The maximum Gasteiger partial charge on any atom is 0.244 e. The lowest BCUT2D eigenvalue weighted by Gasteiger charge is -2.13. The molecule has 0 aliphatic heterocycles. The molecule has 0 saturated carbocycles. The lowest BCUT2D eigenvalue weighted by molar-refractivity contribution is 0.242. The fourth-order valence-corrected chi connectivity index (χ4v) is 3.45. The number of nitrogens with one attached hydrogen (secondary N) is 1. The van der Waals surface area contributed by atoms with Crippen molar-refractivity contribution in [2.75, 3.05) is 14.2 Å². The van der Waals surface area contributed by atoms with E-state index < -0.39 is 10.0 Å². The smallest absolute Gasteiger partial charge is 0.244 e. The number of hydrogen-bond acceptors (Lipinski definition) is 5. The van der Waals surface area contributed by atoms with Crippen LogP contribution < -0.4 is 18.9 Å². The molecule has 25 heavy (non-hydrogen) atoms. The van der Waals surface area contributed by atoms with Crippen LogP contribution >= 0.6 is 0 Å². The van der Waals surface area contributed by atoms with Crippen molar-refractivity contribution < 1.29 is 22.6 Å². The Hall–Kier alpha value is -2.25. The van der Waals surface area contributed by atoms with Gasteiger partial charge in [-0.15, -0.1) is 0 Å². The molecule has 0 bridgehead atoms. The minimum Gasteiger partial charge on any atom is -0.497 e. The van der Waals surface area contributed by atoms with E-state index >= 15 is 0 Å². The third kappa shape index (κ3) is 5.11. The maximum absolute atomic E-state index is 12.6. The van der Waals surface area contributed by atoms with Crippen molar-refractivity contribution in [3.63, 3.8) is 0 Å². The predicted molar refractivity (Wildman–Crippen MR) is 95.8 cm³/mol. The van der Waals surface area contributed by atoms with Gasteiger partial charge in [0.15, 0.2) is 0 Å². The Morgan fingerprint density at radius 1 is 1.00 bits per heavy atom. The van der Waals surface area contributed by atoms with Gasteiger partial charge in [-0.1, -0.05) is 12.1 Å². The number of methoxy groups -OCH3 is 2. The molecule has 0 aromatic heterocycles. The van der Waals surface area contributed by atoms with Crippen LogP contribution in [-0.4, -0.2) is 28.7 Å². The third-order valence-corrected chi connectivity index (χ3v) is 4.82. The summed E-state index contributed by atoms with van der Waals surface area (Å²) in [4.78, 5) is 0.0314. The summed E-state index contributed by atoms with van der Waals surface area (Å²) in [6.45, 7) is 4.01. The number of ether oxygens (including phenoxy) is 3. The molecule has 7 heteroatoms. The van der Waals surface area contributed by atoms with E-state index in [4.69, 9.17) is 14.2 Å². The fourth-order valence-electron chi connectivity index (χ4n) is 2.25. The van der Waals surface area contributed by atoms with Gasteiger partial charge in [0.05, 0.1) is 20.3 Å². The molecule has 0 atom stereocenters. The summed E-state index contributed by atoms with van der Waals surface area (Å²) in [5.74, 6) is 1.39. The van der Waals surface area contributed by atoms with Gasteiger partial charge >= 0.3 is 0 Å². The van der Waals surface area contributed by atoms with Crippen LogP contribution in [0.5, 0.6) is 17.2 Å². The molecule has 0 aliphatic rings. The van der Waals surface area contributed by atoms with Crippen LogP contribution in [0.3, 0.4) is 0 Å². The van der Waals surface area contributed by atoms with E-state index in [0.717, 1.165) is 5.56 Å². The monoisotopic (exact) mass is 365 g/mol. The summed E-state index contributed by atoms with van der Waals surface area (Å²) < 4.78 is 43.7. The average Bonchev–Trinajstić information content (AvgIpc) is 2.59. The summed E-state index contributed by atoms with van der Waals surface area (Å²) in [6, 6.07) is 11.9. The highest BCUT2D eigenvalue weighted by atomic mass is 32.2. The second kappa shape index (κ2) is 8.22. The highest BCUT2D eigenvalue weighted by Crippen LogP contribution is 2.28. The highest BCUT2D eigenvalue weighted by Gasteiger charge is 2.20. The molecule has 0 heterocycles. The molecule has 0 spiro atoms. The van der Waals surface area contributed by atoms with Crippen molar-refractivity contribution in [2.45, 2.75) is 31.4 Å². The van der Waals surface area contributed by atoms with Gasteiger partial charge in [-0.05, 0) is 43.7 Å². The van der Waals surface area contributed by atoms with E-state index in [2.05, 4.69) is 4.72 Å². The highest BCUT2D eigenvalue weighted by molar-refractivity contribution is 7.89. The van der Waals surface area contributed by atoms with Gasteiger partial charge in [0.2, 0.25) is 10.0 Å². The van der Waals surface area contributed by atoms with Crippen LogP contribution in [0.2, 0.25) is 0 Å². The van der Waals surface area contributed by atoms with Crippen LogP contribution in [0.4, 0.5) is 0 Å². The van der Waals surface area contributed by atoms with Gasteiger partial charge in [-0.25, -0.2) is 13.1 Å². The summed E-state index contributed by atoms with van der Waals surface area (Å²) in [5, 5.41) is 0. The predicted octanol–water partition coefficient (Wildman–Crippen LogP) is 2.97. The van der Waals surface area contributed by atoms with Gasteiger partial charge in [-0.3, -0.25) is 0 Å². The average molecular weight is 365 g/mol. The van der Waals surface area contributed by atoms with Crippen molar-refractivity contribution in [3.05, 3.63) is 48.0 Å². The van der Waals surface area contributed by atoms with E-state index in [1.54, 1.807) is 12.1 Å². The summed E-state index contributed by atoms with van der Waals surface area (Å²) in [5.41, 5.74) is 0.795. The molecule has 0 unspecified atom stereocenters. The first-order valence-electron chi connectivity index (χ1n) is 7.83. The van der Waals surface area contributed by atoms with Crippen molar-refractivity contribution in [2.24, 2.45) is 0 Å². The van der Waals surface area contributed by atoms with E-state index in [0.29, 0.717) is 11.5 Å². The lowest BCUT2D eigenvalue weighted by Crippen LogP contribution is -2.24. The minimum atomic E-state index is -3.77. The first kappa shape index (κ1) is 19.1. The maximum atomic E-state index is 12.6. The standard InChI is InChI=1S/C18H23NO5S/c1-13(2)24-16-7-5-6-14(10-16)12-19-25(20,21)18-11-15(22-3)8-9-17(18)23-4/h5-11,13,19H,12H2,1-4H3. The number of rotatable bonds is 8. The van der Waals surface area contributed by atoms with Crippen LogP contribution in [-0.2, 0) is 16.6 Å². The summed E-state index contributed by atoms with van der Waals surface area (Å²) >= 11 is 0. The van der Waals surface area contributed by atoms with E-state index in [1.165, 1.54) is 20.3 Å². The zero-order valence-corrected chi connectivity index (χ0v) is 15.6. The molecule has 136 valence electrons. The number of sulfonamides is 1. The quantitative estimate of drug-likeness (QED) is 0.778. The number of benzene rings is 2. The summed E-state index contributed by atoms with van der Waals surface area (Å²) in [6.07, 6.45) is 0.0491. The molecule has 0 aliphatic carbocycles. The van der Waals surface area contributed by atoms with E-state index in [1.807, 2.05) is 38.1 Å². The normalized spacial score (nSPS) is 11.4. The van der Waals surface area contributed by atoms with Crippen LogP contribution in [0.25, 0.3) is 0 Å². The fraction of sp³-hybridized carbons (Fsp3) is 0.333. The largest absolute Gasteiger partial charge is 0.497 e. The van der Waals surface area contributed by atoms with Crippen LogP contribution in [0.1, 0.15) is 19.4 Å². The minimum absolute atomic E-state index is 0.0314. The third-order valence-electron chi connectivity index (χ3n) is 3.40. The molecule has 2 aromatic carbocycles. The molecule has 0 saturated heterocycles. The molecule has 0 amide bonds. The van der Waals surface area contributed by atoms with E-state index in [-0.39, 0.29) is 23.3 Å². The molecule has 2 rings (SSSR count). The second-order valence-corrected chi connectivity index (χ2v) is 7.39. The SMILES string of the molecule is COc1ccc(OC)c(S(=O)(=O)NCc2cccc(OC(C)C)c2)c1. The van der Waals surface area contributed by atoms with Gasteiger partial charge < -0.3 is 14.2 Å². The lowest BCUT2D eigenvalue weighted by atomic mass is 10.2. The molecule has 0 radical (unpaired) electrons. The Morgan fingerprint density at radius 2 is 1.76 bits per heavy atom. The zero-order chi connectivity index (χ0) is 18.4. The Morgan fingerprint density at radius 3 is 2.40 bits per heavy atom. The van der Waals surface area contributed by atoms with Gasteiger partial charge in [0, 0.05) is 12.6 Å². The molecular formula is C18H23NO5S. The van der Waals surface area contributed by atoms with Gasteiger partial charge in [-0.2, -0.15) is 0 Å².